The number of rotatable bonds is 2. The quantitative estimate of drug-likeness (QED) is 0.828. The first kappa shape index (κ1) is 13.1. The molecule has 0 atom stereocenters. The molecule has 0 saturated heterocycles. The molecule has 0 aromatic carbocycles. The topological polar surface area (TPSA) is 72.9 Å². The van der Waals surface area contributed by atoms with E-state index in [0.717, 1.165) is 31.2 Å². The monoisotopic (exact) mass is 276 g/mol. The van der Waals surface area contributed by atoms with Crippen LogP contribution in [0.15, 0.2) is 4.42 Å². The Morgan fingerprint density at radius 2 is 1.90 bits per heavy atom. The third-order valence-corrected chi connectivity index (χ3v) is 3.45. The van der Waals surface area contributed by atoms with Crippen LogP contribution in [-0.4, -0.2) is 31.5 Å². The van der Waals surface area contributed by atoms with Gasteiger partial charge in [0, 0.05) is 24.9 Å². The van der Waals surface area contributed by atoms with Crippen molar-refractivity contribution in [1.29, 1.82) is 0 Å². The lowest BCUT2D eigenvalue weighted by atomic mass is 9.95. The minimum Gasteiger partial charge on any atom is -0.408 e. The highest BCUT2D eigenvalue weighted by molar-refractivity contribution is 5.27. The van der Waals surface area contributed by atoms with Crippen molar-refractivity contribution in [2.75, 3.05) is 11.4 Å². The summed E-state index contributed by atoms with van der Waals surface area (Å²) in [6.45, 7) is 10.8. The van der Waals surface area contributed by atoms with Crippen molar-refractivity contribution in [3.8, 4) is 0 Å². The van der Waals surface area contributed by atoms with Crippen LogP contribution in [0, 0.1) is 0 Å². The first-order chi connectivity index (χ1) is 9.49. The van der Waals surface area contributed by atoms with Crippen molar-refractivity contribution in [2.45, 2.75) is 52.6 Å². The minimum absolute atomic E-state index is 0.00723. The molecule has 1 aliphatic heterocycles. The van der Waals surface area contributed by atoms with E-state index in [-0.39, 0.29) is 5.41 Å². The molecule has 2 aromatic rings. The molecule has 7 nitrogen and oxygen atoms in total. The Labute approximate surface area is 118 Å². The molecule has 3 rings (SSSR count). The Bertz CT molecular complexity index is 609. The predicted molar refractivity (Wildman–Crippen MR) is 73.4 cm³/mol. The molecule has 0 bridgehead atoms. The largest absolute Gasteiger partial charge is 0.408 e. The molecule has 108 valence electrons. The fourth-order valence-corrected chi connectivity index (χ4v) is 2.39. The van der Waals surface area contributed by atoms with Gasteiger partial charge < -0.3 is 13.9 Å². The summed E-state index contributed by atoms with van der Waals surface area (Å²) in [5.74, 6) is 2.66. The number of nitrogens with zero attached hydrogens (tertiary/aromatic N) is 6. The third kappa shape index (κ3) is 2.17. The van der Waals surface area contributed by atoms with Gasteiger partial charge in [-0.1, -0.05) is 32.8 Å². The molecular weight excluding hydrogens is 256 g/mol. The van der Waals surface area contributed by atoms with Crippen LogP contribution in [0.5, 0.6) is 0 Å². The van der Waals surface area contributed by atoms with E-state index in [2.05, 4.69) is 50.6 Å². The van der Waals surface area contributed by atoms with Gasteiger partial charge in [0.2, 0.25) is 5.89 Å². The van der Waals surface area contributed by atoms with Gasteiger partial charge in [0.1, 0.15) is 5.82 Å². The van der Waals surface area contributed by atoms with Crippen molar-refractivity contribution >= 4 is 6.01 Å². The predicted octanol–water partition coefficient (Wildman–Crippen LogP) is 1.54. The summed E-state index contributed by atoms with van der Waals surface area (Å²) in [5.41, 5.74) is 0.00723. The van der Waals surface area contributed by atoms with Crippen LogP contribution < -0.4 is 4.90 Å². The van der Waals surface area contributed by atoms with Gasteiger partial charge in [-0.25, -0.2) is 0 Å². The maximum Gasteiger partial charge on any atom is 0.318 e. The van der Waals surface area contributed by atoms with E-state index in [0.29, 0.717) is 18.5 Å². The zero-order valence-electron chi connectivity index (χ0n) is 12.4. The Morgan fingerprint density at radius 3 is 2.55 bits per heavy atom. The lowest BCUT2D eigenvalue weighted by Gasteiger charge is -2.28. The van der Waals surface area contributed by atoms with Crippen LogP contribution in [0.25, 0.3) is 0 Å². The Hall–Kier alpha value is -1.92. The molecule has 1 aliphatic rings. The molecule has 7 heteroatoms. The zero-order chi connectivity index (χ0) is 14.3. The standard InChI is InChI=1S/C13H20N6O/c1-5-10-15-17-12(20-10)18-6-7-19-9(8-18)14-16-11(19)13(2,3)4/h5-8H2,1-4H3. The fourth-order valence-electron chi connectivity index (χ4n) is 2.39. The van der Waals surface area contributed by atoms with Crippen molar-refractivity contribution in [3.05, 3.63) is 17.5 Å². The first-order valence-corrected chi connectivity index (χ1v) is 6.99. The van der Waals surface area contributed by atoms with E-state index in [1.807, 2.05) is 6.92 Å². The van der Waals surface area contributed by atoms with E-state index in [4.69, 9.17) is 4.42 Å². The van der Waals surface area contributed by atoms with Crippen LogP contribution in [0.1, 0.15) is 45.2 Å². The summed E-state index contributed by atoms with van der Waals surface area (Å²) in [6, 6.07) is 0.577. The molecule has 2 aromatic heterocycles. The highest BCUT2D eigenvalue weighted by atomic mass is 16.4. The lowest BCUT2D eigenvalue weighted by Crippen LogP contribution is -2.35. The van der Waals surface area contributed by atoms with Crippen molar-refractivity contribution in [3.63, 3.8) is 0 Å². The molecule has 0 aliphatic carbocycles. The van der Waals surface area contributed by atoms with Gasteiger partial charge in [0.05, 0.1) is 6.54 Å². The second-order valence-corrected chi connectivity index (χ2v) is 6.09. The SMILES string of the molecule is CCc1nnc(N2CCn3c(nnc3C(C)(C)C)C2)o1. The summed E-state index contributed by atoms with van der Waals surface area (Å²) in [7, 11) is 0. The van der Waals surface area contributed by atoms with Gasteiger partial charge in [-0.3, -0.25) is 0 Å². The Balaban J connectivity index is 1.84. The number of aromatic nitrogens is 5. The number of hydrogen-bond acceptors (Lipinski definition) is 6. The van der Waals surface area contributed by atoms with Gasteiger partial charge >= 0.3 is 6.01 Å². The minimum atomic E-state index is 0.00723. The molecule has 0 fully saturated rings. The zero-order valence-corrected chi connectivity index (χ0v) is 12.4. The molecule has 0 amide bonds. The van der Waals surface area contributed by atoms with E-state index in [1.54, 1.807) is 0 Å². The van der Waals surface area contributed by atoms with Crippen molar-refractivity contribution in [1.82, 2.24) is 25.0 Å². The number of hydrogen-bond donors (Lipinski definition) is 0. The third-order valence-electron chi connectivity index (χ3n) is 3.45. The Kier molecular flexibility index (Phi) is 2.99. The van der Waals surface area contributed by atoms with Crippen LogP contribution in [0.2, 0.25) is 0 Å². The van der Waals surface area contributed by atoms with Gasteiger partial charge in [0.25, 0.3) is 0 Å². The van der Waals surface area contributed by atoms with Crippen LogP contribution in [-0.2, 0) is 24.9 Å². The van der Waals surface area contributed by atoms with E-state index in [1.165, 1.54) is 0 Å². The summed E-state index contributed by atoms with van der Waals surface area (Å²) < 4.78 is 7.81. The maximum atomic E-state index is 5.61. The molecule has 3 heterocycles. The van der Waals surface area contributed by atoms with Crippen molar-refractivity contribution in [2.24, 2.45) is 0 Å². The highest BCUT2D eigenvalue weighted by Gasteiger charge is 2.29. The number of fused-ring (bicyclic) bond motifs is 1. The van der Waals surface area contributed by atoms with E-state index in [9.17, 15) is 0 Å². The van der Waals surface area contributed by atoms with E-state index >= 15 is 0 Å². The molecule has 0 radical (unpaired) electrons. The van der Waals surface area contributed by atoms with Crippen LogP contribution in [0.4, 0.5) is 6.01 Å². The molecule has 20 heavy (non-hydrogen) atoms. The molecule has 0 spiro atoms. The first-order valence-electron chi connectivity index (χ1n) is 6.99. The normalized spacial score (nSPS) is 15.5. The second-order valence-electron chi connectivity index (χ2n) is 6.09. The van der Waals surface area contributed by atoms with Crippen molar-refractivity contribution < 1.29 is 4.42 Å². The Morgan fingerprint density at radius 1 is 1.10 bits per heavy atom. The molecule has 0 saturated carbocycles. The van der Waals surface area contributed by atoms with Gasteiger partial charge in [0.15, 0.2) is 5.82 Å². The lowest BCUT2D eigenvalue weighted by molar-refractivity contribution is 0.439. The summed E-state index contributed by atoms with van der Waals surface area (Å²) >= 11 is 0. The molecular formula is C13H20N6O. The molecule has 0 unspecified atom stereocenters. The number of aryl methyl sites for hydroxylation is 1. The second kappa shape index (κ2) is 4.57. The average molecular weight is 276 g/mol. The fraction of sp³-hybridized carbons (Fsp3) is 0.692. The molecule has 0 N–H and O–H groups in total. The summed E-state index contributed by atoms with van der Waals surface area (Å²) in [5, 5.41) is 16.7. The summed E-state index contributed by atoms with van der Waals surface area (Å²) in [4.78, 5) is 2.06. The smallest absolute Gasteiger partial charge is 0.318 e. The van der Waals surface area contributed by atoms with E-state index < -0.39 is 0 Å². The van der Waals surface area contributed by atoms with Gasteiger partial charge in [-0.2, -0.15) is 0 Å². The van der Waals surface area contributed by atoms with Gasteiger partial charge in [-0.15, -0.1) is 15.3 Å². The highest BCUT2D eigenvalue weighted by Crippen LogP contribution is 2.25. The van der Waals surface area contributed by atoms with Crippen LogP contribution in [0.3, 0.4) is 0 Å². The van der Waals surface area contributed by atoms with Gasteiger partial charge in [-0.05, 0) is 0 Å². The average Bonchev–Trinajstić information content (AvgIpc) is 3.03. The summed E-state index contributed by atoms with van der Waals surface area (Å²) in [6.07, 6.45) is 0.755. The van der Waals surface area contributed by atoms with Crippen LogP contribution >= 0.6 is 0 Å². The maximum absolute atomic E-state index is 5.61. The number of anilines is 1.